The number of rotatable bonds is 7. The van der Waals surface area contributed by atoms with Crippen LogP contribution in [0, 0.1) is 0 Å². The van der Waals surface area contributed by atoms with Crippen molar-refractivity contribution in [1.82, 2.24) is 0 Å². The van der Waals surface area contributed by atoms with Gasteiger partial charge in [-0.2, -0.15) is 52.7 Å². The summed E-state index contributed by atoms with van der Waals surface area (Å²) in [5.41, 5.74) is 0. The second-order valence-electron chi connectivity index (χ2n) is 4.24. The summed E-state index contributed by atoms with van der Waals surface area (Å²) in [4.78, 5) is 0. The van der Waals surface area contributed by atoms with Crippen molar-refractivity contribution in [3.63, 3.8) is 0 Å². The van der Waals surface area contributed by atoms with E-state index in [4.69, 9.17) is 0 Å². The van der Waals surface area contributed by atoms with Crippen LogP contribution in [0.3, 0.4) is 0 Å². The molecular formula is C8H3F15O2. The monoisotopic (exact) mass is 416 g/mol. The molecule has 0 aromatic heterocycles. The van der Waals surface area contributed by atoms with Crippen LogP contribution in [0.4, 0.5) is 65.9 Å². The molecule has 0 unspecified atom stereocenters. The Labute approximate surface area is 126 Å². The SMILES string of the molecule is CC(F)(F)C(F)(F)C(F)(F)OC(F)(F)C(F)(F)C(F)(F)OC(F)(F)F. The number of alkyl halides is 15. The van der Waals surface area contributed by atoms with Crippen molar-refractivity contribution < 1.29 is 75.3 Å². The first-order chi connectivity index (χ1) is 10.4. The molecule has 0 N–H and O–H groups in total. The molecule has 17 heteroatoms. The highest BCUT2D eigenvalue weighted by atomic mass is 19.4. The third kappa shape index (κ3) is 4.53. The Morgan fingerprint density at radius 1 is 0.440 bits per heavy atom. The minimum absolute atomic E-state index is 0.998. The molecule has 0 amide bonds. The van der Waals surface area contributed by atoms with E-state index < -0.39 is 49.4 Å². The van der Waals surface area contributed by atoms with Crippen molar-refractivity contribution in [1.29, 1.82) is 0 Å². The Hall–Kier alpha value is -1.13. The Morgan fingerprint density at radius 3 is 1.00 bits per heavy atom. The van der Waals surface area contributed by atoms with Gasteiger partial charge in [0.15, 0.2) is 0 Å². The molecule has 0 spiro atoms. The van der Waals surface area contributed by atoms with Crippen LogP contribution in [0.2, 0.25) is 0 Å². The molecule has 0 aliphatic carbocycles. The topological polar surface area (TPSA) is 18.5 Å². The zero-order chi connectivity index (χ0) is 20.9. The smallest absolute Gasteiger partial charge is 0.245 e. The fourth-order valence-corrected chi connectivity index (χ4v) is 0.924. The first kappa shape index (κ1) is 23.9. The lowest BCUT2D eigenvalue weighted by atomic mass is 10.2. The molecule has 0 rings (SSSR count). The Morgan fingerprint density at radius 2 is 0.720 bits per heavy atom. The third-order valence-corrected chi connectivity index (χ3v) is 2.15. The van der Waals surface area contributed by atoms with Crippen LogP contribution in [0.1, 0.15) is 6.92 Å². The minimum atomic E-state index is -7.64. The first-order valence-electron chi connectivity index (χ1n) is 5.15. The maximum Gasteiger partial charge on any atom is 0.527 e. The van der Waals surface area contributed by atoms with Crippen molar-refractivity contribution in [2.24, 2.45) is 0 Å². The summed E-state index contributed by atoms with van der Waals surface area (Å²) in [5.74, 6) is -20.5. The van der Waals surface area contributed by atoms with E-state index in [1.54, 1.807) is 0 Å². The van der Waals surface area contributed by atoms with Gasteiger partial charge in [0.2, 0.25) is 0 Å². The molecule has 0 atom stereocenters. The van der Waals surface area contributed by atoms with Crippen molar-refractivity contribution in [2.45, 2.75) is 49.4 Å². The highest BCUT2D eigenvalue weighted by molar-refractivity contribution is 4.93. The van der Waals surface area contributed by atoms with Gasteiger partial charge >= 0.3 is 42.5 Å². The van der Waals surface area contributed by atoms with E-state index in [9.17, 15) is 65.9 Å². The maximum atomic E-state index is 12.7. The minimum Gasteiger partial charge on any atom is -0.245 e. The van der Waals surface area contributed by atoms with E-state index in [0.29, 0.717) is 0 Å². The molecule has 0 saturated heterocycles. The van der Waals surface area contributed by atoms with Crippen LogP contribution in [0.15, 0.2) is 0 Å². The predicted molar refractivity (Wildman–Crippen MR) is 43.6 cm³/mol. The number of hydrogen-bond donors (Lipinski definition) is 0. The predicted octanol–water partition coefficient (Wildman–Crippen LogP) is 5.24. The Bertz CT molecular complexity index is 473. The highest BCUT2D eigenvalue weighted by Crippen LogP contribution is 2.54. The van der Waals surface area contributed by atoms with Crippen molar-refractivity contribution in [2.75, 3.05) is 0 Å². The molecular weight excluding hydrogens is 413 g/mol. The summed E-state index contributed by atoms with van der Waals surface area (Å²) in [7, 11) is 0. The molecule has 0 saturated carbocycles. The van der Waals surface area contributed by atoms with E-state index in [2.05, 4.69) is 0 Å². The van der Waals surface area contributed by atoms with Crippen LogP contribution in [0.25, 0.3) is 0 Å². The molecule has 0 aliphatic heterocycles. The van der Waals surface area contributed by atoms with Crippen LogP contribution in [-0.4, -0.2) is 42.5 Å². The van der Waals surface area contributed by atoms with Gasteiger partial charge in [0.05, 0.1) is 0 Å². The average molecular weight is 416 g/mol. The fraction of sp³-hybridized carbons (Fsp3) is 1.00. The summed E-state index contributed by atoms with van der Waals surface area (Å²) in [5, 5.41) is 0. The van der Waals surface area contributed by atoms with Crippen LogP contribution in [-0.2, 0) is 9.47 Å². The number of hydrogen-bond acceptors (Lipinski definition) is 2. The lowest BCUT2D eigenvalue weighted by Gasteiger charge is -2.36. The second-order valence-corrected chi connectivity index (χ2v) is 4.24. The second kappa shape index (κ2) is 5.95. The van der Waals surface area contributed by atoms with Crippen LogP contribution >= 0.6 is 0 Å². The molecule has 25 heavy (non-hydrogen) atoms. The molecule has 0 aromatic carbocycles. The van der Waals surface area contributed by atoms with Gasteiger partial charge in [-0.15, -0.1) is 13.2 Å². The maximum absolute atomic E-state index is 12.7. The summed E-state index contributed by atoms with van der Waals surface area (Å²) in [6, 6.07) is 0. The van der Waals surface area contributed by atoms with Crippen LogP contribution < -0.4 is 0 Å². The molecule has 0 bridgehead atoms. The fourth-order valence-electron chi connectivity index (χ4n) is 0.924. The van der Waals surface area contributed by atoms with Gasteiger partial charge in [-0.25, -0.2) is 9.47 Å². The summed E-state index contributed by atoms with van der Waals surface area (Å²) < 4.78 is 188. The Balaban J connectivity index is 5.84. The Kier molecular flexibility index (Phi) is 5.68. The van der Waals surface area contributed by atoms with E-state index in [1.807, 2.05) is 0 Å². The van der Waals surface area contributed by atoms with Gasteiger partial charge in [-0.3, -0.25) is 0 Å². The van der Waals surface area contributed by atoms with Gasteiger partial charge in [-0.05, 0) is 0 Å². The lowest BCUT2D eigenvalue weighted by molar-refractivity contribution is -0.539. The first-order valence-corrected chi connectivity index (χ1v) is 5.15. The standard InChI is InChI=1S/C8H3F15O2/c1-2(9,10)3(11,12)5(15,16)24-6(17,18)4(13,14)7(19,20)25-8(21,22)23/h1H3. The van der Waals surface area contributed by atoms with Crippen LogP contribution in [0.5, 0.6) is 0 Å². The van der Waals surface area contributed by atoms with Gasteiger partial charge in [-0.1, -0.05) is 0 Å². The van der Waals surface area contributed by atoms with Gasteiger partial charge < -0.3 is 0 Å². The van der Waals surface area contributed by atoms with E-state index in [0.717, 1.165) is 0 Å². The van der Waals surface area contributed by atoms with Gasteiger partial charge in [0.25, 0.3) is 0 Å². The van der Waals surface area contributed by atoms with E-state index in [1.165, 1.54) is 9.47 Å². The molecule has 0 heterocycles. The van der Waals surface area contributed by atoms with Gasteiger partial charge in [0.1, 0.15) is 0 Å². The summed E-state index contributed by atoms with van der Waals surface area (Å²) >= 11 is 0. The molecule has 0 aliphatic rings. The zero-order valence-corrected chi connectivity index (χ0v) is 11.0. The lowest BCUT2D eigenvalue weighted by Crippen LogP contribution is -2.63. The normalized spacial score (nSPS) is 16.3. The van der Waals surface area contributed by atoms with Crippen molar-refractivity contribution >= 4 is 0 Å². The largest absolute Gasteiger partial charge is 0.527 e. The van der Waals surface area contributed by atoms with E-state index >= 15 is 0 Å². The molecule has 0 radical (unpaired) electrons. The number of halogens is 15. The third-order valence-electron chi connectivity index (χ3n) is 2.15. The van der Waals surface area contributed by atoms with E-state index in [-0.39, 0.29) is 0 Å². The van der Waals surface area contributed by atoms with Crippen molar-refractivity contribution in [3.8, 4) is 0 Å². The van der Waals surface area contributed by atoms with Gasteiger partial charge in [0, 0.05) is 6.92 Å². The summed E-state index contributed by atoms with van der Waals surface area (Å²) in [6.45, 7) is -0.998. The average Bonchev–Trinajstić information content (AvgIpc) is 2.21. The highest BCUT2D eigenvalue weighted by Gasteiger charge is 2.81. The molecule has 0 fully saturated rings. The summed E-state index contributed by atoms with van der Waals surface area (Å²) in [6.07, 6.45) is -28.8. The van der Waals surface area contributed by atoms with Crippen molar-refractivity contribution in [3.05, 3.63) is 0 Å². The number of ether oxygens (including phenoxy) is 2. The quantitative estimate of drug-likeness (QED) is 0.529. The zero-order valence-electron chi connectivity index (χ0n) is 11.0. The molecule has 2 nitrogen and oxygen atoms in total. The molecule has 152 valence electrons. The molecule has 0 aromatic rings.